The minimum Gasteiger partial charge on any atom is -0.269 e. The predicted molar refractivity (Wildman–Crippen MR) is 58.5 cm³/mol. The molecule has 2 aromatic rings. The smallest absolute Gasteiger partial charge is 0.0673 e. The third-order valence-electron chi connectivity index (χ3n) is 2.19. The number of nitrogens with zero attached hydrogens (tertiary/aromatic N) is 3. The highest BCUT2D eigenvalue weighted by molar-refractivity contribution is 7.03. The van der Waals surface area contributed by atoms with Crippen LogP contribution >= 0.6 is 11.5 Å². The van der Waals surface area contributed by atoms with E-state index in [1.165, 1.54) is 22.7 Å². The van der Waals surface area contributed by atoms with Crippen LogP contribution in [0.2, 0.25) is 0 Å². The summed E-state index contributed by atoms with van der Waals surface area (Å²) in [6, 6.07) is 0.411. The summed E-state index contributed by atoms with van der Waals surface area (Å²) in [6.45, 7) is 6.29. The Morgan fingerprint density at radius 3 is 2.71 bits per heavy atom. The summed E-state index contributed by atoms with van der Waals surface area (Å²) >= 11 is 1.47. The Morgan fingerprint density at radius 2 is 2.21 bits per heavy atom. The van der Waals surface area contributed by atoms with Gasteiger partial charge < -0.3 is 0 Å². The summed E-state index contributed by atoms with van der Waals surface area (Å²) in [5, 5.41) is 6.51. The number of aromatic nitrogens is 3. The van der Waals surface area contributed by atoms with Gasteiger partial charge in [0.25, 0.3) is 0 Å². The van der Waals surface area contributed by atoms with Crippen molar-refractivity contribution in [3.8, 4) is 11.1 Å². The molecule has 0 amide bonds. The highest BCUT2D eigenvalue weighted by atomic mass is 32.1. The molecule has 0 saturated carbocycles. The molecule has 0 bridgehead atoms. The lowest BCUT2D eigenvalue weighted by Crippen LogP contribution is -2.00. The van der Waals surface area contributed by atoms with E-state index < -0.39 is 0 Å². The minimum atomic E-state index is 0.411. The highest BCUT2D eigenvalue weighted by Crippen LogP contribution is 2.24. The second-order valence-electron chi connectivity index (χ2n) is 3.62. The van der Waals surface area contributed by atoms with Crippen LogP contribution in [0.3, 0.4) is 0 Å². The maximum absolute atomic E-state index is 4.46. The van der Waals surface area contributed by atoms with Gasteiger partial charge in [-0.05, 0) is 32.3 Å². The summed E-state index contributed by atoms with van der Waals surface area (Å²) in [6.07, 6.45) is 3.98. The molecular weight excluding hydrogens is 194 g/mol. The standard InChI is InChI=1S/C10H13N3S/c1-7(2)13-5-10(8(3)12-13)9-4-11-14-6-9/h4-7H,1-3H3. The Bertz CT molecular complexity index is 415. The lowest BCUT2D eigenvalue weighted by molar-refractivity contribution is 0.529. The summed E-state index contributed by atoms with van der Waals surface area (Å²) < 4.78 is 6.09. The first-order chi connectivity index (χ1) is 6.68. The van der Waals surface area contributed by atoms with E-state index in [1.807, 2.05) is 17.8 Å². The first-order valence-corrected chi connectivity index (χ1v) is 5.47. The molecule has 0 aromatic carbocycles. The molecule has 2 aromatic heterocycles. The van der Waals surface area contributed by atoms with Crippen molar-refractivity contribution < 1.29 is 0 Å². The fraction of sp³-hybridized carbons (Fsp3) is 0.400. The van der Waals surface area contributed by atoms with E-state index in [4.69, 9.17) is 0 Å². The summed E-state index contributed by atoms with van der Waals surface area (Å²) in [5.74, 6) is 0. The molecule has 0 N–H and O–H groups in total. The molecule has 0 radical (unpaired) electrons. The largest absolute Gasteiger partial charge is 0.269 e. The number of hydrogen-bond donors (Lipinski definition) is 0. The van der Waals surface area contributed by atoms with Gasteiger partial charge in [-0.2, -0.15) is 5.10 Å². The van der Waals surface area contributed by atoms with Crippen LogP contribution < -0.4 is 0 Å². The second kappa shape index (κ2) is 3.53. The molecule has 2 heterocycles. The van der Waals surface area contributed by atoms with Crippen molar-refractivity contribution in [3.05, 3.63) is 23.5 Å². The van der Waals surface area contributed by atoms with Crippen molar-refractivity contribution in [2.75, 3.05) is 0 Å². The van der Waals surface area contributed by atoms with Crippen molar-refractivity contribution in [1.82, 2.24) is 14.2 Å². The van der Waals surface area contributed by atoms with Gasteiger partial charge >= 0.3 is 0 Å². The average Bonchev–Trinajstić information content (AvgIpc) is 2.71. The van der Waals surface area contributed by atoms with Gasteiger partial charge in [-0.25, -0.2) is 4.37 Å². The maximum Gasteiger partial charge on any atom is 0.0673 e. The molecular formula is C10H13N3S. The summed E-state index contributed by atoms with van der Waals surface area (Å²) in [5.41, 5.74) is 3.42. The first kappa shape index (κ1) is 9.40. The van der Waals surface area contributed by atoms with Gasteiger partial charge in [-0.15, -0.1) is 0 Å². The van der Waals surface area contributed by atoms with Crippen LogP contribution in [0, 0.1) is 6.92 Å². The van der Waals surface area contributed by atoms with Crippen LogP contribution in [0.15, 0.2) is 17.8 Å². The zero-order valence-electron chi connectivity index (χ0n) is 8.56. The van der Waals surface area contributed by atoms with Crippen LogP contribution in [-0.4, -0.2) is 14.2 Å². The van der Waals surface area contributed by atoms with Crippen LogP contribution in [0.1, 0.15) is 25.6 Å². The lowest BCUT2D eigenvalue weighted by Gasteiger charge is -2.02. The molecule has 0 fully saturated rings. The molecule has 0 atom stereocenters. The van der Waals surface area contributed by atoms with E-state index in [1.54, 1.807) is 0 Å². The van der Waals surface area contributed by atoms with Crippen LogP contribution in [0.25, 0.3) is 11.1 Å². The Morgan fingerprint density at radius 1 is 1.43 bits per heavy atom. The molecule has 74 valence electrons. The zero-order chi connectivity index (χ0) is 10.1. The third-order valence-corrected chi connectivity index (χ3v) is 2.78. The maximum atomic E-state index is 4.46. The monoisotopic (exact) mass is 207 g/mol. The van der Waals surface area contributed by atoms with E-state index in [0.29, 0.717) is 6.04 Å². The zero-order valence-corrected chi connectivity index (χ0v) is 9.38. The predicted octanol–water partition coefficient (Wildman–Crippen LogP) is 2.90. The molecule has 0 saturated heterocycles. The lowest BCUT2D eigenvalue weighted by atomic mass is 10.1. The molecule has 0 aliphatic rings. The molecule has 0 spiro atoms. The van der Waals surface area contributed by atoms with Crippen molar-refractivity contribution in [2.45, 2.75) is 26.8 Å². The van der Waals surface area contributed by atoms with Gasteiger partial charge in [0.15, 0.2) is 0 Å². The van der Waals surface area contributed by atoms with E-state index in [-0.39, 0.29) is 0 Å². The fourth-order valence-electron chi connectivity index (χ4n) is 1.37. The Kier molecular flexibility index (Phi) is 2.37. The highest BCUT2D eigenvalue weighted by Gasteiger charge is 2.09. The summed E-state index contributed by atoms with van der Waals surface area (Å²) in [7, 11) is 0. The Balaban J connectivity index is 2.45. The first-order valence-electron chi connectivity index (χ1n) is 4.64. The van der Waals surface area contributed by atoms with E-state index in [9.17, 15) is 0 Å². The Hall–Kier alpha value is -1.16. The molecule has 3 nitrogen and oxygen atoms in total. The van der Waals surface area contributed by atoms with E-state index in [0.717, 1.165) is 5.69 Å². The van der Waals surface area contributed by atoms with Crippen LogP contribution in [0.4, 0.5) is 0 Å². The minimum absolute atomic E-state index is 0.411. The van der Waals surface area contributed by atoms with Gasteiger partial charge in [-0.1, -0.05) is 0 Å². The molecule has 14 heavy (non-hydrogen) atoms. The van der Waals surface area contributed by atoms with Crippen LogP contribution in [0.5, 0.6) is 0 Å². The van der Waals surface area contributed by atoms with Gasteiger partial charge in [0.05, 0.1) is 5.69 Å². The summed E-state index contributed by atoms with van der Waals surface area (Å²) in [4.78, 5) is 0. The average molecular weight is 207 g/mol. The SMILES string of the molecule is Cc1nn(C(C)C)cc1-c1cnsc1. The molecule has 0 unspecified atom stereocenters. The quantitative estimate of drug-likeness (QED) is 0.758. The fourth-order valence-corrected chi connectivity index (χ4v) is 1.90. The number of aryl methyl sites for hydroxylation is 1. The number of hydrogen-bond acceptors (Lipinski definition) is 3. The number of rotatable bonds is 2. The molecule has 0 aliphatic heterocycles. The van der Waals surface area contributed by atoms with Gasteiger partial charge in [0.1, 0.15) is 0 Å². The molecule has 2 rings (SSSR count). The third kappa shape index (κ3) is 1.57. The van der Waals surface area contributed by atoms with Crippen molar-refractivity contribution in [3.63, 3.8) is 0 Å². The second-order valence-corrected chi connectivity index (χ2v) is 4.27. The van der Waals surface area contributed by atoms with Gasteiger partial charge in [0, 0.05) is 34.9 Å². The topological polar surface area (TPSA) is 30.7 Å². The van der Waals surface area contributed by atoms with Crippen LogP contribution in [-0.2, 0) is 0 Å². The van der Waals surface area contributed by atoms with Crippen molar-refractivity contribution in [2.24, 2.45) is 0 Å². The molecule has 0 aliphatic carbocycles. The molecule has 4 heteroatoms. The van der Waals surface area contributed by atoms with E-state index >= 15 is 0 Å². The van der Waals surface area contributed by atoms with Crippen molar-refractivity contribution >= 4 is 11.5 Å². The van der Waals surface area contributed by atoms with Gasteiger partial charge in [-0.3, -0.25) is 4.68 Å². The Labute approximate surface area is 87.6 Å². The van der Waals surface area contributed by atoms with Gasteiger partial charge in [0.2, 0.25) is 0 Å². The van der Waals surface area contributed by atoms with E-state index in [2.05, 4.69) is 34.9 Å². The van der Waals surface area contributed by atoms with Crippen molar-refractivity contribution in [1.29, 1.82) is 0 Å². The normalized spacial score (nSPS) is 11.1.